The summed E-state index contributed by atoms with van der Waals surface area (Å²) in [7, 11) is 3.24. The van der Waals surface area contributed by atoms with Crippen LogP contribution in [0.5, 0.6) is 0 Å². The Morgan fingerprint density at radius 1 is 1.13 bits per heavy atom. The lowest BCUT2D eigenvalue weighted by Gasteiger charge is -2.30. The van der Waals surface area contributed by atoms with E-state index in [9.17, 15) is 14.4 Å². The molecular weight excluding hydrogens is 506 g/mol. The van der Waals surface area contributed by atoms with Gasteiger partial charge in [-0.3, -0.25) is 9.59 Å². The van der Waals surface area contributed by atoms with E-state index < -0.39 is 0 Å². The molecule has 2 heterocycles. The van der Waals surface area contributed by atoms with Gasteiger partial charge in [-0.2, -0.15) is 0 Å². The van der Waals surface area contributed by atoms with Crippen LogP contribution < -0.4 is 15.1 Å². The lowest BCUT2D eigenvalue weighted by molar-refractivity contribution is -0.129. The summed E-state index contributed by atoms with van der Waals surface area (Å²) < 4.78 is 5.01. The zero-order valence-electron chi connectivity index (χ0n) is 22.3. The summed E-state index contributed by atoms with van der Waals surface area (Å²) in [6.45, 7) is 5.23. The van der Waals surface area contributed by atoms with Crippen LogP contribution in [0.15, 0.2) is 42.5 Å². The Balaban J connectivity index is 1.51. The van der Waals surface area contributed by atoms with Gasteiger partial charge in [-0.1, -0.05) is 29.8 Å². The van der Waals surface area contributed by atoms with Gasteiger partial charge in [0.25, 0.3) is 5.91 Å². The normalized spacial score (nSPS) is 17.2. The van der Waals surface area contributed by atoms with Crippen molar-refractivity contribution in [2.75, 3.05) is 63.3 Å². The molecule has 0 unspecified atom stereocenters. The molecule has 1 N–H and O–H groups in total. The van der Waals surface area contributed by atoms with Crippen LogP contribution in [0.25, 0.3) is 0 Å². The number of para-hydroxylation sites is 1. The van der Waals surface area contributed by atoms with Crippen molar-refractivity contribution in [3.8, 4) is 0 Å². The van der Waals surface area contributed by atoms with Gasteiger partial charge in [0.15, 0.2) is 0 Å². The molecule has 0 spiro atoms. The van der Waals surface area contributed by atoms with Gasteiger partial charge in [0.05, 0.1) is 23.7 Å². The van der Waals surface area contributed by atoms with Gasteiger partial charge in [0.2, 0.25) is 5.91 Å². The van der Waals surface area contributed by atoms with Crippen molar-refractivity contribution in [1.29, 1.82) is 0 Å². The van der Waals surface area contributed by atoms with Gasteiger partial charge in [-0.05, 0) is 49.6 Å². The minimum absolute atomic E-state index is 0.120. The van der Waals surface area contributed by atoms with Crippen molar-refractivity contribution in [3.05, 3.63) is 58.6 Å². The van der Waals surface area contributed by atoms with E-state index in [2.05, 4.69) is 10.2 Å². The Bertz CT molecular complexity index is 1170. The highest BCUT2D eigenvalue weighted by Gasteiger charge is 2.32. The van der Waals surface area contributed by atoms with Crippen molar-refractivity contribution >= 4 is 40.8 Å². The zero-order valence-corrected chi connectivity index (χ0v) is 23.0. The van der Waals surface area contributed by atoms with Crippen molar-refractivity contribution < 1.29 is 19.1 Å². The monoisotopic (exact) mass is 541 g/mol. The summed E-state index contributed by atoms with van der Waals surface area (Å²) in [5.41, 5.74) is 3.04. The van der Waals surface area contributed by atoms with Gasteiger partial charge in [-0.25, -0.2) is 4.79 Å². The molecule has 2 aliphatic rings. The zero-order chi connectivity index (χ0) is 27.2. The Morgan fingerprint density at radius 2 is 1.87 bits per heavy atom. The van der Waals surface area contributed by atoms with Gasteiger partial charge >= 0.3 is 6.03 Å². The number of fused-ring (bicyclic) bond motifs is 1. The molecular formula is C28H36ClN5O4. The summed E-state index contributed by atoms with van der Waals surface area (Å²) in [5.74, 6) is -0.415. The second-order valence-electron chi connectivity index (χ2n) is 9.85. The fraction of sp³-hybridized carbons (Fsp3) is 0.464. The quantitative estimate of drug-likeness (QED) is 0.579. The molecule has 1 saturated heterocycles. The van der Waals surface area contributed by atoms with Gasteiger partial charge < -0.3 is 29.7 Å². The average molecular weight is 542 g/mol. The molecule has 0 radical (unpaired) electrons. The molecule has 2 aromatic carbocycles. The highest BCUT2D eigenvalue weighted by atomic mass is 35.5. The van der Waals surface area contributed by atoms with Crippen LogP contribution >= 0.6 is 11.6 Å². The Labute approximate surface area is 229 Å². The first-order valence-corrected chi connectivity index (χ1v) is 13.4. The SMILES string of the molecule is COCCN(C)C(=O)CNC(=O)N1Cc2ccccc2N(C(=O)c2ccc(N3CCCC3)cc2Cl)C[C@H]1C. The predicted molar refractivity (Wildman–Crippen MR) is 149 cm³/mol. The molecule has 1 atom stereocenters. The lowest BCUT2D eigenvalue weighted by atomic mass is 10.1. The molecule has 0 aliphatic carbocycles. The van der Waals surface area contributed by atoms with Crippen molar-refractivity contribution in [2.45, 2.75) is 32.4 Å². The molecule has 1 fully saturated rings. The third-order valence-corrected chi connectivity index (χ3v) is 7.52. The first-order chi connectivity index (χ1) is 18.3. The molecule has 0 saturated carbocycles. The van der Waals surface area contributed by atoms with E-state index in [1.54, 1.807) is 30.0 Å². The fourth-order valence-electron chi connectivity index (χ4n) is 4.91. The number of hydrogen-bond donors (Lipinski definition) is 1. The number of nitrogens with one attached hydrogen (secondary N) is 1. The van der Waals surface area contributed by atoms with Crippen LogP contribution in [0.2, 0.25) is 5.02 Å². The van der Waals surface area contributed by atoms with E-state index in [1.165, 1.54) is 4.90 Å². The molecule has 204 valence electrons. The highest BCUT2D eigenvalue weighted by molar-refractivity contribution is 6.35. The molecule has 4 amide bonds. The van der Waals surface area contributed by atoms with E-state index in [4.69, 9.17) is 16.3 Å². The lowest BCUT2D eigenvalue weighted by Crippen LogP contribution is -2.50. The van der Waals surface area contributed by atoms with Crippen LogP contribution in [-0.2, 0) is 16.1 Å². The maximum Gasteiger partial charge on any atom is 0.318 e. The second-order valence-corrected chi connectivity index (χ2v) is 10.3. The van der Waals surface area contributed by atoms with Gasteiger partial charge in [0, 0.05) is 64.3 Å². The predicted octanol–water partition coefficient (Wildman–Crippen LogP) is 3.61. The minimum Gasteiger partial charge on any atom is -0.383 e. The number of anilines is 2. The number of ether oxygens (including phenoxy) is 1. The summed E-state index contributed by atoms with van der Waals surface area (Å²) >= 11 is 6.64. The minimum atomic E-state index is -0.358. The van der Waals surface area contributed by atoms with Crippen LogP contribution in [0.4, 0.5) is 16.2 Å². The second kappa shape index (κ2) is 12.5. The number of amides is 4. The number of likely N-dealkylation sites (N-methyl/N-ethyl adjacent to an activating group) is 1. The number of carbonyl (C=O) groups is 3. The smallest absolute Gasteiger partial charge is 0.318 e. The van der Waals surface area contributed by atoms with E-state index >= 15 is 0 Å². The number of urea groups is 1. The highest BCUT2D eigenvalue weighted by Crippen LogP contribution is 2.32. The summed E-state index contributed by atoms with van der Waals surface area (Å²) in [4.78, 5) is 46.5. The van der Waals surface area contributed by atoms with E-state index in [0.29, 0.717) is 30.3 Å². The van der Waals surface area contributed by atoms with Crippen molar-refractivity contribution in [2.24, 2.45) is 0 Å². The van der Waals surface area contributed by atoms with Gasteiger partial charge in [-0.15, -0.1) is 0 Å². The summed E-state index contributed by atoms with van der Waals surface area (Å²) in [5, 5.41) is 3.16. The van der Waals surface area contributed by atoms with E-state index in [-0.39, 0.29) is 37.0 Å². The number of benzene rings is 2. The van der Waals surface area contributed by atoms with E-state index in [0.717, 1.165) is 42.9 Å². The molecule has 0 bridgehead atoms. The molecule has 38 heavy (non-hydrogen) atoms. The Hall–Kier alpha value is -3.30. The molecule has 2 aliphatic heterocycles. The van der Waals surface area contributed by atoms with Gasteiger partial charge in [0.1, 0.15) is 0 Å². The molecule has 0 aromatic heterocycles. The third kappa shape index (κ3) is 6.22. The van der Waals surface area contributed by atoms with Crippen LogP contribution in [0.1, 0.15) is 35.7 Å². The maximum atomic E-state index is 13.8. The maximum absolute atomic E-state index is 13.8. The molecule has 10 heteroatoms. The summed E-state index contributed by atoms with van der Waals surface area (Å²) in [6, 6.07) is 12.5. The number of rotatable bonds is 7. The number of carbonyl (C=O) groups excluding carboxylic acids is 3. The molecule has 2 aromatic rings. The third-order valence-electron chi connectivity index (χ3n) is 7.21. The Morgan fingerprint density at radius 3 is 2.58 bits per heavy atom. The van der Waals surface area contributed by atoms with Crippen LogP contribution in [0, 0.1) is 0 Å². The number of methoxy groups -OCH3 is 1. The number of hydrogen-bond acceptors (Lipinski definition) is 5. The number of halogens is 1. The number of nitrogens with zero attached hydrogens (tertiary/aromatic N) is 4. The van der Waals surface area contributed by atoms with Crippen LogP contribution in [0.3, 0.4) is 0 Å². The first kappa shape index (κ1) is 27.7. The standard InChI is InChI=1S/C28H36ClN5O4/c1-20-18-34(27(36)23-11-10-22(16-24(23)29)32-12-6-7-13-32)25-9-5-4-8-21(25)19-33(20)28(37)30-17-26(35)31(2)14-15-38-3/h4-5,8-11,16,20H,6-7,12-15,17-19H2,1-3H3,(H,30,37)/t20-/m1/s1. The fourth-order valence-corrected chi connectivity index (χ4v) is 5.16. The first-order valence-electron chi connectivity index (χ1n) is 13.0. The largest absolute Gasteiger partial charge is 0.383 e. The van der Waals surface area contributed by atoms with Crippen LogP contribution in [-0.4, -0.2) is 87.2 Å². The Kier molecular flexibility index (Phi) is 9.12. The van der Waals surface area contributed by atoms with Crippen molar-refractivity contribution in [1.82, 2.24) is 15.1 Å². The molecule has 9 nitrogen and oxygen atoms in total. The molecule has 4 rings (SSSR count). The van der Waals surface area contributed by atoms with Crippen molar-refractivity contribution in [3.63, 3.8) is 0 Å². The topological polar surface area (TPSA) is 85.4 Å². The summed E-state index contributed by atoms with van der Waals surface area (Å²) in [6.07, 6.45) is 2.31. The van der Waals surface area contributed by atoms with E-state index in [1.807, 2.05) is 43.3 Å². The average Bonchev–Trinajstić information content (AvgIpc) is 3.42.